The van der Waals surface area contributed by atoms with Gasteiger partial charge in [0.2, 0.25) is 5.28 Å². The van der Waals surface area contributed by atoms with Crippen molar-refractivity contribution in [2.75, 3.05) is 24.9 Å². The predicted octanol–water partition coefficient (Wildman–Crippen LogP) is 3.33. The Morgan fingerprint density at radius 2 is 1.67 bits per heavy atom. The predicted molar refractivity (Wildman–Crippen MR) is 152 cm³/mol. The average molecular weight is 651 g/mol. The first kappa shape index (κ1) is 34.7. The van der Waals surface area contributed by atoms with Crippen LogP contribution in [0.1, 0.15) is 61.6 Å². The van der Waals surface area contributed by atoms with Crippen molar-refractivity contribution in [1.82, 2.24) is 19.5 Å². The summed E-state index contributed by atoms with van der Waals surface area (Å²) in [4.78, 5) is 56.4. The number of carbonyl (C=O) groups is 3. The van der Waals surface area contributed by atoms with Crippen LogP contribution in [0, 0.1) is 0 Å². The van der Waals surface area contributed by atoms with E-state index in [2.05, 4.69) is 15.0 Å². The number of ether oxygens (including phenoxy) is 5. The van der Waals surface area contributed by atoms with E-state index in [4.69, 9.17) is 51.7 Å². The van der Waals surface area contributed by atoms with Crippen LogP contribution in [0.3, 0.4) is 0 Å². The SMILES string of the molecule is CCOC(=O)C(OC[C@H]1O[C@@H](n2cnc3c(N(OC(C)(C)C)C(=O)OC(C)(C)C)nc(Cl)nc32)[C@@H](Cl)[C@@H]1O)C(=O)OCC. The van der Waals surface area contributed by atoms with Crippen molar-refractivity contribution in [3.05, 3.63) is 11.6 Å². The van der Waals surface area contributed by atoms with Gasteiger partial charge in [0.15, 0.2) is 23.2 Å². The molecule has 2 aromatic rings. The van der Waals surface area contributed by atoms with Gasteiger partial charge in [-0.1, -0.05) is 0 Å². The van der Waals surface area contributed by atoms with E-state index in [1.165, 1.54) is 10.9 Å². The van der Waals surface area contributed by atoms with Crippen molar-refractivity contribution < 1.29 is 48.0 Å². The molecular formula is C26H37Cl2N5O10. The molecule has 0 aliphatic carbocycles. The van der Waals surface area contributed by atoms with Gasteiger partial charge >= 0.3 is 18.0 Å². The van der Waals surface area contributed by atoms with Crippen molar-refractivity contribution in [2.45, 2.75) is 96.5 Å². The molecule has 0 radical (unpaired) electrons. The molecule has 1 amide bonds. The summed E-state index contributed by atoms with van der Waals surface area (Å²) in [6, 6.07) is 0. The number of hydrogen-bond acceptors (Lipinski definition) is 13. The highest BCUT2D eigenvalue weighted by atomic mass is 35.5. The molecule has 3 heterocycles. The van der Waals surface area contributed by atoms with E-state index in [0.717, 1.165) is 5.06 Å². The van der Waals surface area contributed by atoms with Crippen molar-refractivity contribution in [2.24, 2.45) is 0 Å². The lowest BCUT2D eigenvalue weighted by Gasteiger charge is -2.30. The van der Waals surface area contributed by atoms with Crippen LogP contribution in [0.25, 0.3) is 11.2 Å². The lowest BCUT2D eigenvalue weighted by molar-refractivity contribution is -0.177. The molecule has 0 saturated carbocycles. The van der Waals surface area contributed by atoms with E-state index >= 15 is 0 Å². The number of alkyl halides is 1. The number of anilines is 1. The van der Waals surface area contributed by atoms with Crippen molar-refractivity contribution >= 4 is 58.2 Å². The summed E-state index contributed by atoms with van der Waals surface area (Å²) in [6.45, 7) is 13.0. The molecule has 0 spiro atoms. The summed E-state index contributed by atoms with van der Waals surface area (Å²) >= 11 is 12.8. The van der Waals surface area contributed by atoms with Gasteiger partial charge in [-0.15, -0.1) is 16.7 Å². The van der Waals surface area contributed by atoms with Crippen molar-refractivity contribution in [1.29, 1.82) is 0 Å². The molecular weight excluding hydrogens is 613 g/mol. The van der Waals surface area contributed by atoms with Gasteiger partial charge in [0.05, 0.1) is 31.7 Å². The number of halogens is 2. The molecule has 17 heteroatoms. The first-order chi connectivity index (χ1) is 20.0. The Hall–Kier alpha value is -2.82. The number of rotatable bonds is 10. The minimum atomic E-state index is -1.69. The third kappa shape index (κ3) is 8.64. The Balaban J connectivity index is 1.93. The molecule has 0 unspecified atom stereocenters. The van der Waals surface area contributed by atoms with Gasteiger partial charge in [-0.25, -0.2) is 19.4 Å². The molecule has 1 N–H and O–H groups in total. The normalized spacial score (nSPS) is 20.8. The molecule has 240 valence electrons. The van der Waals surface area contributed by atoms with Gasteiger partial charge in [-0.3, -0.25) is 9.40 Å². The maximum atomic E-state index is 13.2. The summed E-state index contributed by atoms with van der Waals surface area (Å²) in [5, 5.41) is 10.4. The Labute approximate surface area is 258 Å². The van der Waals surface area contributed by atoms with Gasteiger partial charge < -0.3 is 28.8 Å². The van der Waals surface area contributed by atoms with Crippen LogP contribution in [0.5, 0.6) is 0 Å². The molecule has 1 aliphatic rings. The number of amides is 1. The zero-order valence-corrected chi connectivity index (χ0v) is 26.7. The summed E-state index contributed by atoms with van der Waals surface area (Å²) < 4.78 is 28.2. The van der Waals surface area contributed by atoms with Crippen LogP contribution in [0.2, 0.25) is 5.28 Å². The van der Waals surface area contributed by atoms with Crippen LogP contribution in [-0.4, -0.2) is 97.4 Å². The van der Waals surface area contributed by atoms with E-state index in [0.29, 0.717) is 0 Å². The van der Waals surface area contributed by atoms with Crippen molar-refractivity contribution in [3.8, 4) is 0 Å². The van der Waals surface area contributed by atoms with Crippen LogP contribution >= 0.6 is 23.2 Å². The van der Waals surface area contributed by atoms with E-state index in [1.807, 2.05) is 0 Å². The maximum Gasteiger partial charge on any atom is 0.440 e. The largest absolute Gasteiger partial charge is 0.464 e. The fraction of sp³-hybridized carbons (Fsp3) is 0.692. The highest BCUT2D eigenvalue weighted by Gasteiger charge is 2.46. The highest BCUT2D eigenvalue weighted by molar-refractivity contribution is 6.28. The second-order valence-electron chi connectivity index (χ2n) is 11.3. The number of nitrogens with zero attached hydrogens (tertiary/aromatic N) is 5. The number of fused-ring (bicyclic) bond motifs is 1. The second-order valence-corrected chi connectivity index (χ2v) is 12.2. The third-order valence-corrected chi connectivity index (χ3v) is 6.13. The van der Waals surface area contributed by atoms with E-state index in [1.54, 1.807) is 55.4 Å². The quantitative estimate of drug-likeness (QED) is 0.0992. The van der Waals surface area contributed by atoms with Gasteiger partial charge in [-0.2, -0.15) is 9.97 Å². The van der Waals surface area contributed by atoms with Crippen LogP contribution < -0.4 is 5.06 Å². The lowest BCUT2D eigenvalue weighted by atomic mass is 10.2. The average Bonchev–Trinajstić information content (AvgIpc) is 3.41. The summed E-state index contributed by atoms with van der Waals surface area (Å²) in [5.74, 6) is -1.99. The number of hydrogen-bond donors (Lipinski definition) is 1. The molecule has 0 bridgehead atoms. The molecule has 15 nitrogen and oxygen atoms in total. The minimum Gasteiger partial charge on any atom is -0.464 e. The third-order valence-electron chi connectivity index (χ3n) is 5.49. The Morgan fingerprint density at radius 3 is 2.21 bits per heavy atom. The Morgan fingerprint density at radius 1 is 1.07 bits per heavy atom. The fourth-order valence-electron chi connectivity index (χ4n) is 3.87. The zero-order valence-electron chi connectivity index (χ0n) is 25.2. The molecule has 2 aromatic heterocycles. The second kappa shape index (κ2) is 13.9. The Kier molecular flexibility index (Phi) is 11.2. The number of aliphatic hydroxyl groups excluding tert-OH is 1. The van der Waals surface area contributed by atoms with Crippen LogP contribution in [0.15, 0.2) is 6.33 Å². The molecule has 0 aromatic carbocycles. The maximum absolute atomic E-state index is 13.2. The number of imidazole rings is 1. The minimum absolute atomic E-state index is 0.0126. The van der Waals surface area contributed by atoms with Crippen LogP contribution in [-0.2, 0) is 38.1 Å². The van der Waals surface area contributed by atoms with E-state index in [-0.39, 0.29) is 35.5 Å². The topological polar surface area (TPSA) is 174 Å². The number of aromatic nitrogens is 4. The summed E-state index contributed by atoms with van der Waals surface area (Å²) in [7, 11) is 0. The highest BCUT2D eigenvalue weighted by Crippen LogP contribution is 2.37. The summed E-state index contributed by atoms with van der Waals surface area (Å²) in [5.41, 5.74) is -1.53. The van der Waals surface area contributed by atoms with Crippen molar-refractivity contribution in [3.63, 3.8) is 0 Å². The monoisotopic (exact) mass is 649 g/mol. The van der Waals surface area contributed by atoms with E-state index in [9.17, 15) is 19.5 Å². The first-order valence-corrected chi connectivity index (χ1v) is 14.3. The van der Waals surface area contributed by atoms with E-state index < -0.39 is 65.8 Å². The van der Waals surface area contributed by atoms with Crippen LogP contribution in [0.4, 0.5) is 10.6 Å². The molecule has 43 heavy (non-hydrogen) atoms. The first-order valence-electron chi connectivity index (χ1n) is 13.5. The molecule has 1 aliphatic heterocycles. The molecule has 3 rings (SSSR count). The molecule has 4 atom stereocenters. The standard InChI is InChI=1S/C26H37Cl2N5O10/c1-9-38-21(35)17(22(36)39-10-2)40-11-13-16(34)14(27)20(41-13)32-12-29-15-18(32)30-23(28)31-19(15)33(43-26(6,7)8)24(37)42-25(3,4)5/h12-14,16-17,20,34H,9-11H2,1-8H3/t13-,14+,16-,20-/m1/s1. The van der Waals surface area contributed by atoms with Gasteiger partial charge in [-0.05, 0) is 67.0 Å². The molecule has 1 fully saturated rings. The van der Waals surface area contributed by atoms with Gasteiger partial charge in [0, 0.05) is 0 Å². The fourth-order valence-corrected chi connectivity index (χ4v) is 4.38. The Bertz CT molecular complexity index is 1290. The summed E-state index contributed by atoms with van der Waals surface area (Å²) in [6.07, 6.45) is -4.71. The van der Waals surface area contributed by atoms with Gasteiger partial charge in [0.1, 0.15) is 23.2 Å². The number of hydroxylamine groups is 1. The molecule has 1 saturated heterocycles. The lowest BCUT2D eigenvalue weighted by Crippen LogP contribution is -2.42. The van der Waals surface area contributed by atoms with Gasteiger partial charge in [0.25, 0.3) is 6.10 Å². The number of esters is 2. The zero-order chi connectivity index (χ0) is 32.3. The number of aliphatic hydroxyl groups is 1. The smallest absolute Gasteiger partial charge is 0.440 e. The number of carbonyl (C=O) groups excluding carboxylic acids is 3.